The van der Waals surface area contributed by atoms with Crippen LogP contribution in [0.25, 0.3) is 0 Å². The molecule has 0 atom stereocenters. The SMILES string of the molecule is CCCCCC=C(C)[N+](=O)[O-]. The van der Waals surface area contributed by atoms with Crippen molar-refractivity contribution in [2.75, 3.05) is 0 Å². The van der Waals surface area contributed by atoms with Crippen molar-refractivity contribution in [3.8, 4) is 0 Å². The summed E-state index contributed by atoms with van der Waals surface area (Å²) in [5.74, 6) is 0. The van der Waals surface area contributed by atoms with Gasteiger partial charge in [-0.25, -0.2) is 0 Å². The number of rotatable bonds is 5. The molecule has 0 rings (SSSR count). The first-order valence-electron chi connectivity index (χ1n) is 3.99. The standard InChI is InChI=1S/C8H15NO2/c1-3-4-5-6-7-8(2)9(10)11/h7H,3-6H2,1-2H3. The van der Waals surface area contributed by atoms with Gasteiger partial charge in [-0.3, -0.25) is 10.1 Å². The third-order valence-electron chi connectivity index (χ3n) is 1.54. The molecule has 0 heterocycles. The van der Waals surface area contributed by atoms with Crippen LogP contribution in [0, 0.1) is 10.1 Å². The Morgan fingerprint density at radius 3 is 2.64 bits per heavy atom. The van der Waals surface area contributed by atoms with Gasteiger partial charge in [0.2, 0.25) is 5.70 Å². The minimum Gasteiger partial charge on any atom is -0.259 e. The Morgan fingerprint density at radius 1 is 1.55 bits per heavy atom. The first kappa shape index (κ1) is 10.1. The highest BCUT2D eigenvalue weighted by Gasteiger charge is 1.98. The Morgan fingerprint density at radius 2 is 2.18 bits per heavy atom. The molecule has 0 aromatic carbocycles. The number of hydrogen-bond acceptors (Lipinski definition) is 2. The topological polar surface area (TPSA) is 43.1 Å². The van der Waals surface area contributed by atoms with Gasteiger partial charge in [-0.05, 0) is 18.9 Å². The van der Waals surface area contributed by atoms with Crippen molar-refractivity contribution in [3.63, 3.8) is 0 Å². The molecule has 0 radical (unpaired) electrons. The zero-order valence-corrected chi connectivity index (χ0v) is 7.17. The monoisotopic (exact) mass is 157 g/mol. The predicted molar refractivity (Wildman–Crippen MR) is 44.9 cm³/mol. The van der Waals surface area contributed by atoms with Crippen LogP contribution in [0.15, 0.2) is 11.8 Å². The summed E-state index contributed by atoms with van der Waals surface area (Å²) in [6, 6.07) is 0. The van der Waals surface area contributed by atoms with E-state index in [0.717, 1.165) is 25.7 Å². The molecule has 0 unspecified atom stereocenters. The summed E-state index contributed by atoms with van der Waals surface area (Å²) in [4.78, 5) is 9.76. The third-order valence-corrected chi connectivity index (χ3v) is 1.54. The summed E-state index contributed by atoms with van der Waals surface area (Å²) < 4.78 is 0. The highest BCUT2D eigenvalue weighted by Crippen LogP contribution is 2.03. The molecule has 0 aliphatic carbocycles. The van der Waals surface area contributed by atoms with Gasteiger partial charge in [0.25, 0.3) is 0 Å². The number of unbranched alkanes of at least 4 members (excludes halogenated alkanes) is 3. The van der Waals surface area contributed by atoms with Crippen molar-refractivity contribution in [2.24, 2.45) is 0 Å². The molecule has 0 fully saturated rings. The average molecular weight is 157 g/mol. The molecular formula is C8H15NO2. The van der Waals surface area contributed by atoms with E-state index in [1.54, 1.807) is 6.08 Å². The maximum absolute atomic E-state index is 10.1. The highest BCUT2D eigenvalue weighted by atomic mass is 16.6. The number of nitro groups is 1. The minimum atomic E-state index is -0.341. The Labute approximate surface area is 67.3 Å². The molecule has 3 nitrogen and oxygen atoms in total. The fourth-order valence-corrected chi connectivity index (χ4v) is 0.780. The van der Waals surface area contributed by atoms with Crippen LogP contribution in [-0.4, -0.2) is 4.92 Å². The maximum atomic E-state index is 10.1. The number of nitrogens with zero attached hydrogens (tertiary/aromatic N) is 1. The smallest absolute Gasteiger partial charge is 0.239 e. The van der Waals surface area contributed by atoms with Gasteiger partial charge in [-0.2, -0.15) is 0 Å². The number of hydrogen-bond donors (Lipinski definition) is 0. The molecule has 0 aliphatic rings. The van der Waals surface area contributed by atoms with Crippen molar-refractivity contribution in [1.29, 1.82) is 0 Å². The van der Waals surface area contributed by atoms with Crippen LogP contribution in [0.4, 0.5) is 0 Å². The minimum absolute atomic E-state index is 0.265. The van der Waals surface area contributed by atoms with Crippen LogP contribution in [0.1, 0.15) is 39.5 Å². The van der Waals surface area contributed by atoms with E-state index in [4.69, 9.17) is 0 Å². The lowest BCUT2D eigenvalue weighted by atomic mass is 10.2. The van der Waals surface area contributed by atoms with E-state index in [0.29, 0.717) is 0 Å². The second kappa shape index (κ2) is 5.89. The van der Waals surface area contributed by atoms with E-state index < -0.39 is 0 Å². The van der Waals surface area contributed by atoms with Gasteiger partial charge in [-0.1, -0.05) is 19.8 Å². The molecule has 0 saturated heterocycles. The van der Waals surface area contributed by atoms with Gasteiger partial charge >= 0.3 is 0 Å². The molecular weight excluding hydrogens is 142 g/mol. The fraction of sp³-hybridized carbons (Fsp3) is 0.750. The Bertz CT molecular complexity index is 152. The largest absolute Gasteiger partial charge is 0.259 e. The molecule has 0 N–H and O–H groups in total. The Kier molecular flexibility index (Phi) is 5.43. The summed E-state index contributed by atoms with van der Waals surface area (Å²) in [5.41, 5.74) is 0.265. The van der Waals surface area contributed by atoms with E-state index in [2.05, 4.69) is 6.92 Å². The quantitative estimate of drug-likeness (QED) is 0.350. The maximum Gasteiger partial charge on any atom is 0.239 e. The van der Waals surface area contributed by atoms with Crippen molar-refractivity contribution in [1.82, 2.24) is 0 Å². The van der Waals surface area contributed by atoms with Crippen molar-refractivity contribution < 1.29 is 4.92 Å². The van der Waals surface area contributed by atoms with Gasteiger partial charge in [0, 0.05) is 6.92 Å². The second-order valence-electron chi connectivity index (χ2n) is 2.60. The van der Waals surface area contributed by atoms with Crippen LogP contribution in [0.3, 0.4) is 0 Å². The lowest BCUT2D eigenvalue weighted by molar-refractivity contribution is -0.424. The Hall–Kier alpha value is -0.860. The summed E-state index contributed by atoms with van der Waals surface area (Å²) in [5, 5.41) is 10.1. The van der Waals surface area contributed by atoms with E-state index in [-0.39, 0.29) is 10.6 Å². The van der Waals surface area contributed by atoms with Gasteiger partial charge in [0.1, 0.15) is 0 Å². The molecule has 0 bridgehead atoms. The summed E-state index contributed by atoms with van der Waals surface area (Å²) in [6.07, 6.45) is 5.89. The second-order valence-corrected chi connectivity index (χ2v) is 2.60. The van der Waals surface area contributed by atoms with Gasteiger partial charge in [0.05, 0.1) is 4.92 Å². The van der Waals surface area contributed by atoms with Crippen LogP contribution in [0.5, 0.6) is 0 Å². The number of allylic oxidation sites excluding steroid dienone is 2. The van der Waals surface area contributed by atoms with E-state index >= 15 is 0 Å². The summed E-state index contributed by atoms with van der Waals surface area (Å²) >= 11 is 0. The summed E-state index contributed by atoms with van der Waals surface area (Å²) in [6.45, 7) is 3.65. The predicted octanol–water partition coefficient (Wildman–Crippen LogP) is 2.75. The third kappa shape index (κ3) is 5.58. The molecule has 11 heavy (non-hydrogen) atoms. The molecule has 0 aromatic heterocycles. The van der Waals surface area contributed by atoms with Crippen molar-refractivity contribution in [3.05, 3.63) is 21.9 Å². The molecule has 0 amide bonds. The van der Waals surface area contributed by atoms with Gasteiger partial charge in [-0.15, -0.1) is 0 Å². The first-order valence-corrected chi connectivity index (χ1v) is 3.99. The molecule has 0 saturated carbocycles. The fourth-order valence-electron chi connectivity index (χ4n) is 0.780. The lowest BCUT2D eigenvalue weighted by Crippen LogP contribution is -1.92. The van der Waals surface area contributed by atoms with Crippen molar-refractivity contribution >= 4 is 0 Å². The summed E-state index contributed by atoms with van der Waals surface area (Å²) in [7, 11) is 0. The average Bonchev–Trinajstić information content (AvgIpc) is 1.97. The van der Waals surface area contributed by atoms with Crippen molar-refractivity contribution in [2.45, 2.75) is 39.5 Å². The highest BCUT2D eigenvalue weighted by molar-refractivity contribution is 4.86. The van der Waals surface area contributed by atoms with Crippen LogP contribution in [0.2, 0.25) is 0 Å². The lowest BCUT2D eigenvalue weighted by Gasteiger charge is -1.91. The molecule has 64 valence electrons. The normalized spacial score (nSPS) is 11.6. The van der Waals surface area contributed by atoms with E-state index in [1.165, 1.54) is 6.92 Å². The van der Waals surface area contributed by atoms with Crippen LogP contribution >= 0.6 is 0 Å². The van der Waals surface area contributed by atoms with Crippen LogP contribution < -0.4 is 0 Å². The molecule has 3 heteroatoms. The molecule has 0 spiro atoms. The van der Waals surface area contributed by atoms with Gasteiger partial charge < -0.3 is 0 Å². The molecule has 0 aromatic rings. The zero-order valence-electron chi connectivity index (χ0n) is 7.17. The van der Waals surface area contributed by atoms with Gasteiger partial charge in [0.15, 0.2) is 0 Å². The zero-order chi connectivity index (χ0) is 8.69. The van der Waals surface area contributed by atoms with E-state index in [9.17, 15) is 10.1 Å². The van der Waals surface area contributed by atoms with Crippen LogP contribution in [-0.2, 0) is 0 Å². The Balaban J connectivity index is 3.48. The molecule has 0 aliphatic heterocycles. The van der Waals surface area contributed by atoms with E-state index in [1.807, 2.05) is 0 Å². The first-order chi connectivity index (χ1) is 5.18.